The Kier molecular flexibility index (Phi) is 5.07. The smallest absolute Gasteiger partial charge is 0.258 e. The molecule has 1 saturated heterocycles. The van der Waals surface area contributed by atoms with Crippen LogP contribution in [0.15, 0.2) is 71.7 Å². The Bertz CT molecular complexity index is 1250. The maximum absolute atomic E-state index is 12.5. The lowest BCUT2D eigenvalue weighted by molar-refractivity contribution is 0.121. The van der Waals surface area contributed by atoms with Crippen molar-refractivity contribution in [2.24, 2.45) is 0 Å². The average Bonchev–Trinajstić information content (AvgIpc) is 2.76. The lowest BCUT2D eigenvalue weighted by atomic mass is 10.0. The highest BCUT2D eigenvalue weighted by atomic mass is 16.1. The third-order valence-corrected chi connectivity index (χ3v) is 6.06. The van der Waals surface area contributed by atoms with Gasteiger partial charge in [0.2, 0.25) is 0 Å². The average molecular weight is 399 g/mol. The summed E-state index contributed by atoms with van der Waals surface area (Å²) in [6.45, 7) is 7.71. The second kappa shape index (κ2) is 8.01. The molecule has 1 aliphatic heterocycles. The fourth-order valence-electron chi connectivity index (χ4n) is 4.40. The number of rotatable bonds is 4. The second-order valence-corrected chi connectivity index (χ2v) is 8.16. The van der Waals surface area contributed by atoms with Crippen LogP contribution in [0, 0.1) is 6.92 Å². The van der Waals surface area contributed by atoms with Crippen molar-refractivity contribution < 1.29 is 0 Å². The van der Waals surface area contributed by atoms with Gasteiger partial charge in [0.15, 0.2) is 0 Å². The van der Waals surface area contributed by atoms with E-state index in [2.05, 4.69) is 52.3 Å². The summed E-state index contributed by atoms with van der Waals surface area (Å²) in [6.07, 6.45) is 1.79. The first kappa shape index (κ1) is 19.0. The molecule has 4 aromatic rings. The molecule has 0 atom stereocenters. The lowest BCUT2D eigenvalue weighted by Crippen LogP contribution is -2.45. The molecule has 0 amide bonds. The molecule has 1 fully saturated rings. The van der Waals surface area contributed by atoms with Gasteiger partial charge in [-0.25, -0.2) is 4.98 Å². The van der Waals surface area contributed by atoms with Gasteiger partial charge in [-0.1, -0.05) is 48.5 Å². The molecular weight excluding hydrogens is 372 g/mol. The number of hydrogen-bond acceptors (Lipinski definition) is 4. The summed E-state index contributed by atoms with van der Waals surface area (Å²) in [6, 6.07) is 20.7. The highest BCUT2D eigenvalue weighted by molar-refractivity contribution is 5.85. The predicted octanol–water partition coefficient (Wildman–Crippen LogP) is 3.47. The largest absolute Gasteiger partial charge is 0.297 e. The minimum Gasteiger partial charge on any atom is -0.297 e. The monoisotopic (exact) mass is 398 g/mol. The van der Waals surface area contributed by atoms with Gasteiger partial charge in [0.1, 0.15) is 5.65 Å². The van der Waals surface area contributed by atoms with Crippen LogP contribution in [0.25, 0.3) is 16.4 Å². The van der Waals surface area contributed by atoms with Gasteiger partial charge < -0.3 is 0 Å². The van der Waals surface area contributed by atoms with Crippen LogP contribution in [-0.4, -0.2) is 45.4 Å². The second-order valence-electron chi connectivity index (χ2n) is 8.16. The summed E-state index contributed by atoms with van der Waals surface area (Å²) < 4.78 is 1.63. The third kappa shape index (κ3) is 3.74. The summed E-state index contributed by atoms with van der Waals surface area (Å²) in [5.74, 6) is 0. The van der Waals surface area contributed by atoms with Crippen molar-refractivity contribution in [1.82, 2.24) is 19.2 Å². The third-order valence-electron chi connectivity index (χ3n) is 6.06. The van der Waals surface area contributed by atoms with Crippen molar-refractivity contribution in [2.75, 3.05) is 26.2 Å². The first-order valence-corrected chi connectivity index (χ1v) is 10.6. The molecule has 0 bridgehead atoms. The van der Waals surface area contributed by atoms with E-state index in [-0.39, 0.29) is 5.56 Å². The standard InChI is InChI=1S/C25H26N4O/c1-19-6-5-11-29-24(30)16-22(26-25(19)29)18-28-14-12-27(13-15-28)17-21-9-4-8-20-7-2-3-10-23(20)21/h2-11,16H,12-15,17-18H2,1H3. The number of aromatic nitrogens is 2. The van der Waals surface area contributed by atoms with Crippen molar-refractivity contribution in [3.8, 4) is 0 Å². The SMILES string of the molecule is Cc1cccn2c(=O)cc(CN3CCN(Cc4cccc5ccccc45)CC3)nc12. The van der Waals surface area contributed by atoms with Gasteiger partial charge in [-0.3, -0.25) is 19.0 Å². The topological polar surface area (TPSA) is 40.9 Å². The van der Waals surface area contributed by atoms with E-state index in [1.54, 1.807) is 16.7 Å². The Labute approximate surface area is 176 Å². The van der Waals surface area contributed by atoms with Crippen LogP contribution in [0.4, 0.5) is 0 Å². The number of fused-ring (bicyclic) bond motifs is 2. The van der Waals surface area contributed by atoms with Gasteiger partial charge in [0, 0.05) is 51.5 Å². The normalized spacial score (nSPS) is 15.8. The number of nitrogens with zero attached hydrogens (tertiary/aromatic N) is 4. The van der Waals surface area contributed by atoms with Crippen LogP contribution in [0.1, 0.15) is 16.8 Å². The molecule has 30 heavy (non-hydrogen) atoms. The number of pyridine rings is 1. The van der Waals surface area contributed by atoms with E-state index in [1.165, 1.54) is 16.3 Å². The molecule has 0 N–H and O–H groups in total. The first-order valence-electron chi connectivity index (χ1n) is 10.6. The van der Waals surface area contributed by atoms with Crippen molar-refractivity contribution in [2.45, 2.75) is 20.0 Å². The van der Waals surface area contributed by atoms with Gasteiger partial charge in [0.25, 0.3) is 5.56 Å². The van der Waals surface area contributed by atoms with Crippen LogP contribution in [0.5, 0.6) is 0 Å². The van der Waals surface area contributed by atoms with Crippen LogP contribution >= 0.6 is 0 Å². The molecule has 152 valence electrons. The molecule has 0 saturated carbocycles. The summed E-state index contributed by atoms with van der Waals surface area (Å²) in [5.41, 5.74) is 4.03. The van der Waals surface area contributed by atoms with Crippen LogP contribution in [-0.2, 0) is 13.1 Å². The molecule has 0 aliphatic carbocycles. The van der Waals surface area contributed by atoms with Crippen LogP contribution in [0.3, 0.4) is 0 Å². The molecule has 3 heterocycles. The summed E-state index contributed by atoms with van der Waals surface area (Å²) in [4.78, 5) is 22.1. The number of aryl methyl sites for hydroxylation is 1. The Morgan fingerprint density at radius 1 is 0.867 bits per heavy atom. The number of piperazine rings is 1. The van der Waals surface area contributed by atoms with E-state index >= 15 is 0 Å². The zero-order valence-corrected chi connectivity index (χ0v) is 17.3. The van der Waals surface area contributed by atoms with E-state index in [0.717, 1.165) is 56.2 Å². The fourth-order valence-corrected chi connectivity index (χ4v) is 4.40. The Morgan fingerprint density at radius 3 is 2.43 bits per heavy atom. The van der Waals surface area contributed by atoms with Gasteiger partial charge >= 0.3 is 0 Å². The van der Waals surface area contributed by atoms with E-state index in [1.807, 2.05) is 19.1 Å². The zero-order chi connectivity index (χ0) is 20.5. The van der Waals surface area contributed by atoms with Gasteiger partial charge in [-0.2, -0.15) is 0 Å². The molecule has 0 unspecified atom stereocenters. The van der Waals surface area contributed by atoms with E-state index < -0.39 is 0 Å². The molecule has 5 rings (SSSR count). The molecule has 5 nitrogen and oxygen atoms in total. The maximum atomic E-state index is 12.5. The molecule has 2 aromatic carbocycles. The predicted molar refractivity (Wildman–Crippen MR) is 121 cm³/mol. The minimum absolute atomic E-state index is 0.00621. The molecular formula is C25H26N4O. The molecule has 5 heteroatoms. The Morgan fingerprint density at radius 2 is 1.60 bits per heavy atom. The van der Waals surface area contributed by atoms with Gasteiger partial charge in [-0.05, 0) is 34.9 Å². The molecule has 2 aromatic heterocycles. The van der Waals surface area contributed by atoms with Crippen molar-refractivity contribution >= 4 is 16.4 Å². The number of hydrogen-bond donors (Lipinski definition) is 0. The highest BCUT2D eigenvalue weighted by Crippen LogP contribution is 2.20. The van der Waals surface area contributed by atoms with E-state index in [0.29, 0.717) is 0 Å². The lowest BCUT2D eigenvalue weighted by Gasteiger charge is -2.34. The maximum Gasteiger partial charge on any atom is 0.258 e. The minimum atomic E-state index is -0.00621. The van der Waals surface area contributed by atoms with Crippen molar-refractivity contribution in [3.63, 3.8) is 0 Å². The number of benzene rings is 2. The Balaban J connectivity index is 1.26. The zero-order valence-electron chi connectivity index (χ0n) is 17.3. The van der Waals surface area contributed by atoms with Crippen LogP contribution in [0.2, 0.25) is 0 Å². The van der Waals surface area contributed by atoms with E-state index in [9.17, 15) is 4.79 Å². The Hall–Kier alpha value is -3.02. The highest BCUT2D eigenvalue weighted by Gasteiger charge is 2.18. The van der Waals surface area contributed by atoms with Crippen molar-refractivity contribution in [3.05, 3.63) is 94.0 Å². The first-order chi connectivity index (χ1) is 14.7. The van der Waals surface area contributed by atoms with Gasteiger partial charge in [-0.15, -0.1) is 0 Å². The van der Waals surface area contributed by atoms with Crippen molar-refractivity contribution in [1.29, 1.82) is 0 Å². The molecule has 0 spiro atoms. The summed E-state index contributed by atoms with van der Waals surface area (Å²) in [5, 5.41) is 2.65. The van der Waals surface area contributed by atoms with Gasteiger partial charge in [0.05, 0.1) is 5.69 Å². The molecule has 0 radical (unpaired) electrons. The molecule has 1 aliphatic rings. The quantitative estimate of drug-likeness (QED) is 0.528. The summed E-state index contributed by atoms with van der Waals surface area (Å²) >= 11 is 0. The summed E-state index contributed by atoms with van der Waals surface area (Å²) in [7, 11) is 0. The van der Waals surface area contributed by atoms with E-state index in [4.69, 9.17) is 4.98 Å². The van der Waals surface area contributed by atoms with Crippen LogP contribution < -0.4 is 5.56 Å². The fraction of sp³-hybridized carbons (Fsp3) is 0.280.